The van der Waals surface area contributed by atoms with Gasteiger partial charge in [-0.1, -0.05) is 19.9 Å². The van der Waals surface area contributed by atoms with Crippen molar-refractivity contribution in [2.45, 2.75) is 32.9 Å². The number of nitrogens with zero attached hydrogens (tertiary/aromatic N) is 3. The molecule has 1 N–H and O–H groups in total. The van der Waals surface area contributed by atoms with Crippen LogP contribution in [0.3, 0.4) is 0 Å². The summed E-state index contributed by atoms with van der Waals surface area (Å²) in [6, 6.07) is 4.37. The first kappa shape index (κ1) is 17.3. The largest absolute Gasteiger partial charge is 0.307 e. The van der Waals surface area contributed by atoms with E-state index in [1.807, 2.05) is 6.20 Å². The van der Waals surface area contributed by atoms with Crippen LogP contribution in [-0.4, -0.2) is 55.2 Å². The normalized spacial score (nSPS) is 17.2. The molecule has 0 bridgehead atoms. The lowest BCUT2D eigenvalue weighted by atomic mass is 10.1. The van der Waals surface area contributed by atoms with Gasteiger partial charge in [0.15, 0.2) is 0 Å². The number of hydrogen-bond donors (Lipinski definition) is 1. The number of nitrogens with one attached hydrogen (secondary N) is 1. The van der Waals surface area contributed by atoms with Crippen LogP contribution in [0.25, 0.3) is 0 Å². The van der Waals surface area contributed by atoms with E-state index in [1.54, 1.807) is 14.1 Å². The Morgan fingerprint density at radius 2 is 2.05 bits per heavy atom. The highest BCUT2D eigenvalue weighted by Crippen LogP contribution is 2.15. The second-order valence-corrected chi connectivity index (χ2v) is 8.58. The van der Waals surface area contributed by atoms with Gasteiger partial charge in [0.2, 0.25) is 0 Å². The van der Waals surface area contributed by atoms with Crippen molar-refractivity contribution >= 4 is 10.2 Å². The molecule has 1 aliphatic rings. The fourth-order valence-corrected chi connectivity index (χ4v) is 3.55. The van der Waals surface area contributed by atoms with Crippen LogP contribution in [0.15, 0.2) is 18.3 Å². The molecule has 2 rings (SSSR count). The van der Waals surface area contributed by atoms with E-state index in [1.165, 1.54) is 8.61 Å². The molecule has 1 saturated heterocycles. The first-order valence-electron chi connectivity index (χ1n) is 7.64. The Morgan fingerprint density at radius 1 is 1.36 bits per heavy atom. The molecule has 1 aromatic heterocycles. The molecule has 0 amide bonds. The molecule has 124 valence electrons. The van der Waals surface area contributed by atoms with Gasteiger partial charge in [-0.15, -0.1) is 0 Å². The quantitative estimate of drug-likeness (QED) is 0.807. The third-order valence-corrected chi connectivity index (χ3v) is 5.61. The van der Waals surface area contributed by atoms with Crippen LogP contribution in [-0.2, 0) is 23.2 Å². The molecule has 2 heterocycles. The van der Waals surface area contributed by atoms with E-state index in [4.69, 9.17) is 0 Å². The van der Waals surface area contributed by atoms with Gasteiger partial charge in [0.05, 0.1) is 0 Å². The zero-order valence-electron chi connectivity index (χ0n) is 13.8. The van der Waals surface area contributed by atoms with Gasteiger partial charge >= 0.3 is 0 Å². The Balaban J connectivity index is 1.76. The first-order valence-corrected chi connectivity index (χ1v) is 9.03. The molecule has 7 heteroatoms. The zero-order valence-corrected chi connectivity index (χ0v) is 14.6. The summed E-state index contributed by atoms with van der Waals surface area (Å²) in [5.41, 5.74) is 2.24. The lowest BCUT2D eigenvalue weighted by Gasteiger charge is -2.39. The molecule has 0 spiro atoms. The average molecular weight is 326 g/mol. The molecule has 0 saturated carbocycles. The predicted molar refractivity (Wildman–Crippen MR) is 87.6 cm³/mol. The standard InChI is InChI=1S/C15H26N4O2S/c1-12(2)7-14-6-5-13(8-16-14)9-17-15-10-19(11-15)22(20,21)18(3)4/h5-6,8,12,15,17H,7,9-11H2,1-4H3. The van der Waals surface area contributed by atoms with E-state index in [0.717, 1.165) is 24.2 Å². The molecule has 1 aromatic rings. The molecule has 0 aromatic carbocycles. The fraction of sp³-hybridized carbons (Fsp3) is 0.667. The topological polar surface area (TPSA) is 65.5 Å². The van der Waals surface area contributed by atoms with Crippen molar-refractivity contribution in [3.8, 4) is 0 Å². The van der Waals surface area contributed by atoms with Crippen LogP contribution in [0.2, 0.25) is 0 Å². The molecular formula is C15H26N4O2S. The Labute approximate surface area is 133 Å². The van der Waals surface area contributed by atoms with Gasteiger partial charge in [-0.05, 0) is 24.0 Å². The first-order chi connectivity index (χ1) is 10.3. The maximum atomic E-state index is 11.9. The van der Waals surface area contributed by atoms with Gasteiger partial charge < -0.3 is 5.32 Å². The SMILES string of the molecule is CC(C)Cc1ccc(CNC2CN(S(=O)(=O)N(C)C)C2)cn1. The Kier molecular flexibility index (Phi) is 5.55. The van der Waals surface area contributed by atoms with E-state index in [9.17, 15) is 8.42 Å². The summed E-state index contributed by atoms with van der Waals surface area (Å²) in [4.78, 5) is 4.47. The summed E-state index contributed by atoms with van der Waals surface area (Å²) in [6.07, 6.45) is 2.89. The van der Waals surface area contributed by atoms with Crippen molar-refractivity contribution in [3.05, 3.63) is 29.6 Å². The van der Waals surface area contributed by atoms with E-state index in [-0.39, 0.29) is 6.04 Å². The number of aromatic nitrogens is 1. The molecule has 0 radical (unpaired) electrons. The van der Waals surface area contributed by atoms with E-state index < -0.39 is 10.2 Å². The molecule has 22 heavy (non-hydrogen) atoms. The van der Waals surface area contributed by atoms with Gasteiger partial charge in [-0.3, -0.25) is 4.98 Å². The zero-order chi connectivity index (χ0) is 16.3. The van der Waals surface area contributed by atoms with Crippen molar-refractivity contribution in [1.29, 1.82) is 0 Å². The average Bonchev–Trinajstić information content (AvgIpc) is 2.37. The maximum absolute atomic E-state index is 11.9. The molecule has 0 unspecified atom stereocenters. The predicted octanol–water partition coefficient (Wildman–Crippen LogP) is 0.860. The van der Waals surface area contributed by atoms with Gasteiger partial charge in [0.1, 0.15) is 0 Å². The second-order valence-electron chi connectivity index (χ2n) is 6.44. The minimum Gasteiger partial charge on any atom is -0.307 e. The molecule has 1 aliphatic heterocycles. The number of rotatable bonds is 7. The van der Waals surface area contributed by atoms with Gasteiger partial charge in [0.25, 0.3) is 10.2 Å². The van der Waals surface area contributed by atoms with Crippen LogP contribution in [0.1, 0.15) is 25.1 Å². The van der Waals surface area contributed by atoms with Crippen LogP contribution in [0.4, 0.5) is 0 Å². The van der Waals surface area contributed by atoms with Crippen molar-refractivity contribution in [3.63, 3.8) is 0 Å². The van der Waals surface area contributed by atoms with Gasteiger partial charge in [0, 0.05) is 51.7 Å². The molecule has 0 aliphatic carbocycles. The summed E-state index contributed by atoms with van der Waals surface area (Å²) < 4.78 is 26.5. The lowest BCUT2D eigenvalue weighted by molar-refractivity contribution is 0.215. The summed E-state index contributed by atoms with van der Waals surface area (Å²) in [7, 11) is -0.147. The van der Waals surface area contributed by atoms with Crippen molar-refractivity contribution in [2.75, 3.05) is 27.2 Å². The highest BCUT2D eigenvalue weighted by molar-refractivity contribution is 7.86. The lowest BCUT2D eigenvalue weighted by Crippen LogP contribution is -2.61. The van der Waals surface area contributed by atoms with Crippen molar-refractivity contribution < 1.29 is 8.42 Å². The summed E-state index contributed by atoms with van der Waals surface area (Å²) in [5.74, 6) is 0.607. The maximum Gasteiger partial charge on any atom is 0.281 e. The van der Waals surface area contributed by atoms with E-state index in [2.05, 4.69) is 36.3 Å². The van der Waals surface area contributed by atoms with Crippen LogP contribution < -0.4 is 5.32 Å². The Morgan fingerprint density at radius 3 is 2.55 bits per heavy atom. The van der Waals surface area contributed by atoms with Crippen molar-refractivity contribution in [1.82, 2.24) is 18.9 Å². The van der Waals surface area contributed by atoms with E-state index in [0.29, 0.717) is 19.0 Å². The minimum atomic E-state index is -3.26. The smallest absolute Gasteiger partial charge is 0.281 e. The molecule has 1 fully saturated rings. The summed E-state index contributed by atoms with van der Waals surface area (Å²) >= 11 is 0. The Bertz CT molecular complexity index is 578. The van der Waals surface area contributed by atoms with Crippen LogP contribution in [0.5, 0.6) is 0 Å². The Hall–Kier alpha value is -1.02. The highest BCUT2D eigenvalue weighted by Gasteiger charge is 2.36. The van der Waals surface area contributed by atoms with E-state index >= 15 is 0 Å². The molecule has 6 nitrogen and oxygen atoms in total. The second kappa shape index (κ2) is 7.04. The summed E-state index contributed by atoms with van der Waals surface area (Å²) in [6.45, 7) is 6.14. The monoisotopic (exact) mass is 326 g/mol. The third-order valence-electron chi connectivity index (χ3n) is 3.73. The molecule has 0 atom stereocenters. The summed E-state index contributed by atoms with van der Waals surface area (Å²) in [5, 5.41) is 3.37. The van der Waals surface area contributed by atoms with Crippen LogP contribution >= 0.6 is 0 Å². The minimum absolute atomic E-state index is 0.213. The fourth-order valence-electron chi connectivity index (χ4n) is 2.35. The van der Waals surface area contributed by atoms with Gasteiger partial charge in [-0.25, -0.2) is 0 Å². The van der Waals surface area contributed by atoms with Gasteiger partial charge in [-0.2, -0.15) is 17.0 Å². The third kappa shape index (κ3) is 4.25. The molecular weight excluding hydrogens is 300 g/mol. The van der Waals surface area contributed by atoms with Crippen LogP contribution in [0, 0.1) is 5.92 Å². The number of hydrogen-bond acceptors (Lipinski definition) is 4. The highest BCUT2D eigenvalue weighted by atomic mass is 32.2. The van der Waals surface area contributed by atoms with Crippen molar-refractivity contribution in [2.24, 2.45) is 5.92 Å². The number of pyridine rings is 1.